The van der Waals surface area contributed by atoms with Crippen LogP contribution < -0.4 is 25.2 Å². The van der Waals surface area contributed by atoms with Gasteiger partial charge in [-0.3, -0.25) is 9.59 Å². The molecule has 3 N–H and O–H groups in total. The monoisotopic (exact) mass is 688 g/mol. The van der Waals surface area contributed by atoms with Gasteiger partial charge >= 0.3 is 0 Å². The molecule has 0 radical (unpaired) electrons. The summed E-state index contributed by atoms with van der Waals surface area (Å²) in [6.45, 7) is 8.77. The minimum Gasteiger partial charge on any atom is -0.493 e. The maximum atomic E-state index is 13.0. The Morgan fingerprint density at radius 1 is 1.15 bits per heavy atom. The van der Waals surface area contributed by atoms with Crippen molar-refractivity contribution in [3.63, 3.8) is 0 Å². The van der Waals surface area contributed by atoms with Gasteiger partial charge in [0.25, 0.3) is 5.91 Å². The molecule has 3 aromatic heterocycles. The Bertz CT molecular complexity index is 1810. The number of piperazine rings is 1. The minimum atomic E-state index is -0.319. The summed E-state index contributed by atoms with van der Waals surface area (Å²) in [5.74, 6) is 1.36. The Morgan fingerprint density at radius 2 is 1.96 bits per heavy atom. The summed E-state index contributed by atoms with van der Waals surface area (Å²) in [7, 11) is 1.56. The molecular formula is C34H37ClN8O4S. The quantitative estimate of drug-likeness (QED) is 0.187. The van der Waals surface area contributed by atoms with E-state index in [1.807, 2.05) is 31.2 Å². The number of para-hydroxylation sites is 1. The second-order valence-electron chi connectivity index (χ2n) is 11.5. The molecule has 2 saturated heterocycles. The van der Waals surface area contributed by atoms with Gasteiger partial charge in [-0.25, -0.2) is 15.0 Å². The van der Waals surface area contributed by atoms with Gasteiger partial charge in [0, 0.05) is 44.5 Å². The number of nitrogens with zero attached hydrogens (tertiary/aromatic N) is 6. The zero-order valence-corrected chi connectivity index (χ0v) is 28.4. The number of thiazole rings is 1. The van der Waals surface area contributed by atoms with Gasteiger partial charge in [-0.1, -0.05) is 41.6 Å². The van der Waals surface area contributed by atoms with Crippen LogP contribution in [0.25, 0.3) is 11.3 Å². The van der Waals surface area contributed by atoms with E-state index in [1.54, 1.807) is 24.3 Å². The van der Waals surface area contributed by atoms with Crippen molar-refractivity contribution in [2.75, 3.05) is 66.9 Å². The van der Waals surface area contributed by atoms with E-state index in [2.05, 4.69) is 38.1 Å². The Balaban J connectivity index is 1.26. The predicted molar refractivity (Wildman–Crippen MR) is 190 cm³/mol. The SMILES string of the molecule is C=CC(=O)N1CCN(c2ncc(-c3ccc(OC)c(Nc4ncc(C(=O)Nc5c(C)cccc5Cl)s4)n3)cc2N2CCC[C@@H]2CO)CC1. The van der Waals surface area contributed by atoms with Gasteiger partial charge in [0.1, 0.15) is 4.88 Å². The molecule has 2 aliphatic heterocycles. The van der Waals surface area contributed by atoms with E-state index in [0.29, 0.717) is 64.2 Å². The smallest absolute Gasteiger partial charge is 0.267 e. The summed E-state index contributed by atoms with van der Waals surface area (Å²) in [5.41, 5.74) is 3.78. The fourth-order valence-corrected chi connectivity index (χ4v) is 7.00. The molecule has 2 amide bonds. The second-order valence-corrected chi connectivity index (χ2v) is 13.0. The summed E-state index contributed by atoms with van der Waals surface area (Å²) in [6, 6.07) is 11.2. The maximum Gasteiger partial charge on any atom is 0.267 e. The number of aliphatic hydroxyl groups excluding tert-OH is 1. The van der Waals surface area contributed by atoms with Gasteiger partial charge < -0.3 is 35.2 Å². The molecule has 48 heavy (non-hydrogen) atoms. The lowest BCUT2D eigenvalue weighted by Crippen LogP contribution is -2.49. The number of aliphatic hydroxyl groups is 1. The molecule has 250 valence electrons. The molecule has 6 rings (SSSR count). The molecule has 14 heteroatoms. The second kappa shape index (κ2) is 14.6. The molecule has 2 aliphatic rings. The molecule has 0 saturated carbocycles. The first kappa shape index (κ1) is 33.2. The van der Waals surface area contributed by atoms with Crippen molar-refractivity contribution < 1.29 is 19.4 Å². The van der Waals surface area contributed by atoms with Crippen LogP contribution in [0.3, 0.4) is 0 Å². The zero-order chi connectivity index (χ0) is 33.8. The van der Waals surface area contributed by atoms with E-state index in [-0.39, 0.29) is 24.5 Å². The molecule has 1 aromatic carbocycles. The van der Waals surface area contributed by atoms with Crippen LogP contribution >= 0.6 is 22.9 Å². The third-order valence-electron chi connectivity index (χ3n) is 8.60. The molecular weight excluding hydrogens is 652 g/mol. The molecule has 0 unspecified atom stereocenters. The van der Waals surface area contributed by atoms with Crippen LogP contribution in [-0.4, -0.2) is 89.3 Å². The molecule has 0 aliphatic carbocycles. The van der Waals surface area contributed by atoms with E-state index in [1.165, 1.54) is 23.6 Å². The van der Waals surface area contributed by atoms with E-state index < -0.39 is 0 Å². The normalized spacial score (nSPS) is 16.2. The number of carbonyl (C=O) groups excluding carboxylic acids is 2. The number of halogens is 1. The summed E-state index contributed by atoms with van der Waals surface area (Å²) in [6.07, 6.45) is 6.51. The van der Waals surface area contributed by atoms with Crippen molar-refractivity contribution in [3.05, 3.63) is 76.9 Å². The van der Waals surface area contributed by atoms with Crippen LogP contribution in [0.15, 0.2) is 61.4 Å². The molecule has 1 atom stereocenters. The van der Waals surface area contributed by atoms with Gasteiger partial charge in [-0.15, -0.1) is 0 Å². The number of carbonyl (C=O) groups is 2. The number of benzene rings is 1. The molecule has 0 spiro atoms. The summed E-state index contributed by atoms with van der Waals surface area (Å²) >= 11 is 7.48. The lowest BCUT2D eigenvalue weighted by molar-refractivity contribution is -0.126. The lowest BCUT2D eigenvalue weighted by Gasteiger charge is -2.37. The van der Waals surface area contributed by atoms with Crippen molar-refractivity contribution in [3.8, 4) is 17.0 Å². The van der Waals surface area contributed by atoms with Gasteiger partial charge in [0.15, 0.2) is 22.5 Å². The van der Waals surface area contributed by atoms with E-state index >= 15 is 0 Å². The third-order valence-corrected chi connectivity index (χ3v) is 9.83. The number of methoxy groups -OCH3 is 1. The van der Waals surface area contributed by atoms with Crippen LogP contribution in [0.4, 0.5) is 28.1 Å². The number of rotatable bonds is 10. The maximum absolute atomic E-state index is 13.0. The number of hydrogen-bond donors (Lipinski definition) is 3. The van der Waals surface area contributed by atoms with E-state index in [9.17, 15) is 14.7 Å². The number of ether oxygens (including phenoxy) is 1. The number of anilines is 5. The van der Waals surface area contributed by atoms with Crippen LogP contribution in [0, 0.1) is 6.92 Å². The Hall–Kier alpha value is -4.72. The molecule has 0 bridgehead atoms. The highest BCUT2D eigenvalue weighted by Crippen LogP contribution is 2.38. The van der Waals surface area contributed by atoms with Gasteiger partial charge in [0.2, 0.25) is 5.91 Å². The molecule has 12 nitrogen and oxygen atoms in total. The number of hydrogen-bond acceptors (Lipinski definition) is 11. The van der Waals surface area contributed by atoms with Crippen LogP contribution in [-0.2, 0) is 4.79 Å². The summed E-state index contributed by atoms with van der Waals surface area (Å²) in [5, 5.41) is 17.2. The van der Waals surface area contributed by atoms with Crippen LogP contribution in [0.2, 0.25) is 5.02 Å². The topological polar surface area (TPSA) is 136 Å². The minimum absolute atomic E-state index is 0.0105. The number of aromatic nitrogens is 3. The molecule has 4 aromatic rings. The average molecular weight is 689 g/mol. The highest BCUT2D eigenvalue weighted by Gasteiger charge is 2.30. The first-order chi connectivity index (χ1) is 23.3. The average Bonchev–Trinajstić information content (AvgIpc) is 3.79. The molecule has 5 heterocycles. The first-order valence-corrected chi connectivity index (χ1v) is 16.9. The fourth-order valence-electron chi connectivity index (χ4n) is 6.02. The largest absolute Gasteiger partial charge is 0.493 e. The van der Waals surface area contributed by atoms with E-state index in [0.717, 1.165) is 42.0 Å². The van der Waals surface area contributed by atoms with Crippen LogP contribution in [0.5, 0.6) is 5.75 Å². The first-order valence-electron chi connectivity index (χ1n) is 15.7. The van der Waals surface area contributed by atoms with Gasteiger partial charge in [-0.05, 0) is 55.7 Å². The van der Waals surface area contributed by atoms with Crippen LogP contribution in [0.1, 0.15) is 28.1 Å². The Morgan fingerprint density at radius 3 is 2.69 bits per heavy atom. The van der Waals surface area contributed by atoms with Crippen molar-refractivity contribution in [2.24, 2.45) is 0 Å². The Kier molecular flexibility index (Phi) is 10.1. The van der Waals surface area contributed by atoms with Crippen molar-refractivity contribution in [1.82, 2.24) is 19.9 Å². The number of nitrogens with one attached hydrogen (secondary N) is 2. The fraction of sp³-hybridized carbons (Fsp3) is 0.324. The van der Waals surface area contributed by atoms with Gasteiger partial charge in [0.05, 0.1) is 48.0 Å². The zero-order valence-electron chi connectivity index (χ0n) is 26.8. The summed E-state index contributed by atoms with van der Waals surface area (Å²) < 4.78 is 5.60. The lowest BCUT2D eigenvalue weighted by atomic mass is 10.1. The van der Waals surface area contributed by atoms with Crippen molar-refractivity contribution >= 4 is 62.9 Å². The number of amides is 2. The van der Waals surface area contributed by atoms with Crippen molar-refractivity contribution in [1.29, 1.82) is 0 Å². The Labute approximate surface area is 288 Å². The van der Waals surface area contributed by atoms with Gasteiger partial charge in [-0.2, -0.15) is 0 Å². The third kappa shape index (κ3) is 6.93. The van der Waals surface area contributed by atoms with E-state index in [4.69, 9.17) is 26.3 Å². The number of aryl methyl sites for hydroxylation is 1. The van der Waals surface area contributed by atoms with Crippen molar-refractivity contribution in [2.45, 2.75) is 25.8 Å². The summed E-state index contributed by atoms with van der Waals surface area (Å²) in [4.78, 5) is 46.0. The standard InChI is InChI=1S/C34H37ClN8O4S/c1-4-29(45)41-13-15-42(16-14-41)32-26(43-12-6-8-23(43)20-44)17-22(18-36-32)25-10-11-27(47-3)31(38-25)40-34-37-19-28(48-34)33(46)39-30-21(2)7-5-9-24(30)35/h4-5,7,9-11,17-19,23,44H,1,6,8,12-16,20H2,2-3H3,(H,39,46)(H,37,38,40)/t23-/m1/s1. The predicted octanol–water partition coefficient (Wildman–Crippen LogP) is 5.36. The number of pyridine rings is 2. The highest BCUT2D eigenvalue weighted by atomic mass is 35.5. The highest BCUT2D eigenvalue weighted by molar-refractivity contribution is 7.17. The molecule has 2 fully saturated rings.